The topological polar surface area (TPSA) is 90.7 Å². The first-order chi connectivity index (χ1) is 12.0. The molecule has 0 fully saturated rings. The second-order valence-corrected chi connectivity index (χ2v) is 8.56. The van der Waals surface area contributed by atoms with Crippen LogP contribution in [0.15, 0.2) is 43.5 Å². The molecule has 0 radical (unpaired) electrons. The molecular weight excluding hydrogens is 432 g/mol. The van der Waals surface area contributed by atoms with Crippen LogP contribution in [0.4, 0.5) is 5.88 Å². The number of anilines is 1. The Morgan fingerprint density at radius 3 is 2.80 bits per heavy atom. The normalized spacial score (nSPS) is 13.2. The first-order valence-electron chi connectivity index (χ1n) is 7.08. The molecule has 1 aromatic carbocycles. The molecule has 0 saturated carbocycles. The predicted octanol–water partition coefficient (Wildman–Crippen LogP) is 4.00. The maximum atomic E-state index is 12.8. The van der Waals surface area contributed by atoms with Crippen molar-refractivity contribution < 1.29 is 22.4 Å². The molecule has 1 aliphatic heterocycles. The molecule has 3 aromatic rings. The number of nitrogens with one attached hydrogen (secondary N) is 1. The lowest BCUT2D eigenvalue weighted by Crippen LogP contribution is -2.12. The molecule has 10 heteroatoms. The van der Waals surface area contributed by atoms with Gasteiger partial charge >= 0.3 is 0 Å². The Hall–Kier alpha value is -2.04. The summed E-state index contributed by atoms with van der Waals surface area (Å²) in [4.78, 5) is 0.746. The number of ether oxygens (including phenoxy) is 2. The Kier molecular flexibility index (Phi) is 3.97. The maximum absolute atomic E-state index is 12.8. The van der Waals surface area contributed by atoms with Crippen molar-refractivity contribution in [1.29, 1.82) is 0 Å². The smallest absolute Gasteiger partial charge is 0.265 e. The molecule has 0 aliphatic carbocycles. The van der Waals surface area contributed by atoms with Gasteiger partial charge in [0.25, 0.3) is 15.9 Å². The van der Waals surface area contributed by atoms with E-state index >= 15 is 0 Å². The van der Waals surface area contributed by atoms with Gasteiger partial charge in [-0.15, -0.1) is 11.3 Å². The highest BCUT2D eigenvalue weighted by molar-refractivity contribution is 9.10. The van der Waals surface area contributed by atoms with Crippen LogP contribution < -0.4 is 14.2 Å². The SMILES string of the molecule is Cc1noc(NS(=O)(=O)c2ccsc2-c2ccc3c(c2)OCO3)c1Br. The number of rotatable bonds is 4. The zero-order chi connectivity index (χ0) is 17.6. The molecular formula is C15H11BrN2O5S2. The second kappa shape index (κ2) is 6.04. The lowest BCUT2D eigenvalue weighted by molar-refractivity contribution is 0.174. The third-order valence-corrected chi connectivity index (χ3v) is 6.97. The van der Waals surface area contributed by atoms with Crippen molar-refractivity contribution in [2.75, 3.05) is 11.5 Å². The van der Waals surface area contributed by atoms with E-state index in [0.717, 1.165) is 5.56 Å². The number of nitrogens with zero attached hydrogens (tertiary/aromatic N) is 1. The summed E-state index contributed by atoms with van der Waals surface area (Å²) in [6, 6.07) is 6.87. The number of fused-ring (bicyclic) bond motifs is 1. The molecule has 4 rings (SSSR count). The van der Waals surface area contributed by atoms with Crippen molar-refractivity contribution in [3.8, 4) is 21.9 Å². The molecule has 0 atom stereocenters. The Morgan fingerprint density at radius 1 is 1.24 bits per heavy atom. The highest BCUT2D eigenvalue weighted by Crippen LogP contribution is 2.40. The van der Waals surface area contributed by atoms with Crippen molar-refractivity contribution in [1.82, 2.24) is 5.16 Å². The van der Waals surface area contributed by atoms with Gasteiger partial charge in [0.15, 0.2) is 11.5 Å². The molecule has 2 aromatic heterocycles. The molecule has 0 amide bonds. The van der Waals surface area contributed by atoms with Crippen molar-refractivity contribution in [3.05, 3.63) is 39.8 Å². The van der Waals surface area contributed by atoms with Crippen LogP contribution in [0.3, 0.4) is 0 Å². The summed E-state index contributed by atoms with van der Waals surface area (Å²) in [5.74, 6) is 1.28. The van der Waals surface area contributed by atoms with Gasteiger partial charge < -0.3 is 14.0 Å². The van der Waals surface area contributed by atoms with Gasteiger partial charge in [0.2, 0.25) is 6.79 Å². The van der Waals surface area contributed by atoms with Crippen LogP contribution >= 0.6 is 27.3 Å². The Morgan fingerprint density at radius 2 is 2.04 bits per heavy atom. The number of thiophene rings is 1. The number of benzene rings is 1. The Balaban J connectivity index is 1.72. The van der Waals surface area contributed by atoms with Crippen molar-refractivity contribution >= 4 is 43.2 Å². The fraction of sp³-hybridized carbons (Fsp3) is 0.133. The van der Waals surface area contributed by atoms with Gasteiger partial charge in [-0.3, -0.25) is 0 Å². The summed E-state index contributed by atoms with van der Waals surface area (Å²) in [6.07, 6.45) is 0. The molecule has 0 unspecified atom stereocenters. The summed E-state index contributed by atoms with van der Waals surface area (Å²) in [6.45, 7) is 1.86. The van der Waals surface area contributed by atoms with Crippen LogP contribution in [0.2, 0.25) is 0 Å². The number of halogens is 1. The average Bonchev–Trinajstić information content (AvgIpc) is 3.30. The van der Waals surface area contributed by atoms with Gasteiger partial charge in [0.05, 0.1) is 10.6 Å². The van der Waals surface area contributed by atoms with E-state index in [1.807, 2.05) is 0 Å². The fourth-order valence-electron chi connectivity index (χ4n) is 2.36. The molecule has 0 spiro atoms. The molecule has 7 nitrogen and oxygen atoms in total. The Labute approximate surface area is 155 Å². The summed E-state index contributed by atoms with van der Waals surface area (Å²) < 4.78 is 44.1. The van der Waals surface area contributed by atoms with Gasteiger partial charge in [0.1, 0.15) is 9.37 Å². The van der Waals surface area contributed by atoms with Gasteiger partial charge in [-0.05, 0) is 58.1 Å². The predicted molar refractivity (Wildman–Crippen MR) is 95.6 cm³/mol. The minimum Gasteiger partial charge on any atom is -0.454 e. The van der Waals surface area contributed by atoms with E-state index in [1.165, 1.54) is 11.3 Å². The van der Waals surface area contributed by atoms with Gasteiger partial charge in [-0.2, -0.15) is 0 Å². The minimum atomic E-state index is -3.85. The van der Waals surface area contributed by atoms with E-state index in [2.05, 4.69) is 25.8 Å². The molecule has 1 N–H and O–H groups in total. The van der Waals surface area contributed by atoms with Crippen molar-refractivity contribution in [2.24, 2.45) is 0 Å². The van der Waals surface area contributed by atoms with Gasteiger partial charge in [-0.25, -0.2) is 13.1 Å². The highest BCUT2D eigenvalue weighted by Gasteiger charge is 2.25. The van der Waals surface area contributed by atoms with E-state index in [1.54, 1.807) is 36.6 Å². The van der Waals surface area contributed by atoms with E-state index < -0.39 is 10.0 Å². The molecule has 130 valence electrons. The summed E-state index contributed by atoms with van der Waals surface area (Å²) in [5.41, 5.74) is 1.28. The maximum Gasteiger partial charge on any atom is 0.265 e. The van der Waals surface area contributed by atoms with Crippen LogP contribution in [-0.2, 0) is 10.0 Å². The summed E-state index contributed by atoms with van der Waals surface area (Å²) >= 11 is 4.57. The quantitative estimate of drug-likeness (QED) is 0.656. The third kappa shape index (κ3) is 2.90. The van der Waals surface area contributed by atoms with Crippen LogP contribution in [-0.4, -0.2) is 20.4 Å². The standard InChI is InChI=1S/C15H11BrN2O5S2/c1-8-13(16)15(23-17-8)18-25(19,20)12-4-5-24-14(12)9-2-3-10-11(6-9)22-7-21-10/h2-6,18H,7H2,1H3. The first kappa shape index (κ1) is 16.4. The zero-order valence-electron chi connectivity index (χ0n) is 12.8. The average molecular weight is 443 g/mol. The van der Waals surface area contributed by atoms with Gasteiger partial charge in [0, 0.05) is 0 Å². The lowest BCUT2D eigenvalue weighted by Gasteiger charge is -2.07. The number of sulfonamides is 1. The van der Waals surface area contributed by atoms with Crippen molar-refractivity contribution in [3.63, 3.8) is 0 Å². The largest absolute Gasteiger partial charge is 0.454 e. The number of hydrogen-bond donors (Lipinski definition) is 1. The van der Waals surface area contributed by atoms with Gasteiger partial charge in [-0.1, -0.05) is 5.16 Å². The van der Waals surface area contributed by atoms with Crippen LogP contribution in [0.1, 0.15) is 5.69 Å². The van der Waals surface area contributed by atoms with Crippen LogP contribution in [0.5, 0.6) is 11.5 Å². The summed E-state index contributed by atoms with van der Waals surface area (Å²) in [7, 11) is -3.85. The second-order valence-electron chi connectivity index (χ2n) is 5.20. The van der Waals surface area contributed by atoms with E-state index in [-0.39, 0.29) is 17.6 Å². The zero-order valence-corrected chi connectivity index (χ0v) is 16.0. The Bertz CT molecular complexity index is 1060. The number of aromatic nitrogens is 1. The molecule has 0 saturated heterocycles. The minimum absolute atomic E-state index is 0.0420. The van der Waals surface area contributed by atoms with E-state index in [0.29, 0.717) is 26.5 Å². The fourth-order valence-corrected chi connectivity index (χ4v) is 5.18. The lowest BCUT2D eigenvalue weighted by atomic mass is 10.1. The molecule has 0 bridgehead atoms. The van der Waals surface area contributed by atoms with Crippen LogP contribution in [0, 0.1) is 6.92 Å². The van der Waals surface area contributed by atoms with E-state index in [9.17, 15) is 8.42 Å². The highest BCUT2D eigenvalue weighted by atomic mass is 79.9. The first-order valence-corrected chi connectivity index (χ1v) is 10.2. The van der Waals surface area contributed by atoms with Crippen molar-refractivity contribution in [2.45, 2.75) is 11.8 Å². The molecule has 1 aliphatic rings. The summed E-state index contributed by atoms with van der Waals surface area (Å²) in [5, 5.41) is 5.44. The molecule has 3 heterocycles. The molecule has 25 heavy (non-hydrogen) atoms. The number of hydrogen-bond acceptors (Lipinski definition) is 7. The third-order valence-electron chi connectivity index (χ3n) is 3.57. The number of aryl methyl sites for hydroxylation is 1. The van der Waals surface area contributed by atoms with E-state index in [4.69, 9.17) is 14.0 Å². The van der Waals surface area contributed by atoms with Crippen LogP contribution in [0.25, 0.3) is 10.4 Å². The monoisotopic (exact) mass is 442 g/mol.